The molecule has 4 heteroatoms. The molecule has 0 saturated heterocycles. The quantitative estimate of drug-likeness (QED) is 0.356. The Kier molecular flexibility index (Phi) is 5.43. The molecule has 0 bridgehead atoms. The maximum atomic E-state index is 13.7. The molecule has 5 rings (SSSR count). The van der Waals surface area contributed by atoms with Gasteiger partial charge in [0, 0.05) is 16.8 Å². The van der Waals surface area contributed by atoms with Crippen molar-refractivity contribution in [3.05, 3.63) is 102 Å². The normalized spacial score (nSPS) is 14.1. The second-order valence-corrected chi connectivity index (χ2v) is 8.72. The van der Waals surface area contributed by atoms with E-state index in [1.54, 1.807) is 12.1 Å². The van der Waals surface area contributed by atoms with Gasteiger partial charge in [-0.3, -0.25) is 4.79 Å². The number of aryl methyl sites for hydroxylation is 1. The van der Waals surface area contributed by atoms with Crippen molar-refractivity contribution >= 4 is 28.3 Å². The molecule has 164 valence electrons. The number of carboxylic acids is 1. The predicted octanol–water partition coefficient (Wildman–Crippen LogP) is 6.65. The first-order chi connectivity index (χ1) is 16.0. The zero-order chi connectivity index (χ0) is 22.9. The molecule has 1 fully saturated rings. The molecule has 4 aromatic rings. The lowest BCUT2D eigenvalue weighted by Crippen LogP contribution is -2.23. The molecule has 1 aliphatic rings. The molecule has 33 heavy (non-hydrogen) atoms. The van der Waals surface area contributed by atoms with E-state index >= 15 is 0 Å². The summed E-state index contributed by atoms with van der Waals surface area (Å²) in [6.07, 6.45) is 2.06. The summed E-state index contributed by atoms with van der Waals surface area (Å²) < 4.78 is 0. The number of carbonyl (C=O) groups excluding carboxylic acids is 1. The van der Waals surface area contributed by atoms with Crippen LogP contribution in [0.25, 0.3) is 21.9 Å². The molecule has 1 amide bonds. The van der Waals surface area contributed by atoms with Crippen molar-refractivity contribution in [3.8, 4) is 11.1 Å². The maximum absolute atomic E-state index is 13.7. The largest absolute Gasteiger partial charge is 0.478 e. The number of hydrogen-bond acceptors (Lipinski definition) is 2. The van der Waals surface area contributed by atoms with Crippen LogP contribution < -0.4 is 5.32 Å². The van der Waals surface area contributed by atoms with Gasteiger partial charge >= 0.3 is 5.97 Å². The number of fused-ring (bicyclic) bond motifs is 1. The second kappa shape index (κ2) is 8.55. The summed E-state index contributed by atoms with van der Waals surface area (Å²) in [5, 5.41) is 15.1. The summed E-state index contributed by atoms with van der Waals surface area (Å²) in [5.41, 5.74) is 4.11. The topological polar surface area (TPSA) is 66.4 Å². The van der Waals surface area contributed by atoms with Crippen molar-refractivity contribution in [1.29, 1.82) is 0 Å². The van der Waals surface area contributed by atoms with E-state index in [1.165, 1.54) is 0 Å². The monoisotopic (exact) mass is 435 g/mol. The fraction of sp³-hybridized carbons (Fsp3) is 0.172. The van der Waals surface area contributed by atoms with Crippen LogP contribution in [0.4, 0.5) is 5.69 Å². The fourth-order valence-corrected chi connectivity index (χ4v) is 4.78. The van der Waals surface area contributed by atoms with E-state index in [-0.39, 0.29) is 17.4 Å². The highest BCUT2D eigenvalue weighted by Gasteiger charge is 2.38. The summed E-state index contributed by atoms with van der Waals surface area (Å²) in [6, 6.07) is 27.0. The number of benzene rings is 4. The molecule has 0 aliphatic heterocycles. The smallest absolute Gasteiger partial charge is 0.336 e. The van der Waals surface area contributed by atoms with Crippen LogP contribution >= 0.6 is 0 Å². The van der Waals surface area contributed by atoms with Crippen molar-refractivity contribution in [3.63, 3.8) is 0 Å². The first-order valence-corrected chi connectivity index (χ1v) is 11.3. The molecule has 4 nitrogen and oxygen atoms in total. The van der Waals surface area contributed by atoms with E-state index in [0.717, 1.165) is 34.7 Å². The van der Waals surface area contributed by atoms with Gasteiger partial charge in [-0.1, -0.05) is 72.8 Å². The van der Waals surface area contributed by atoms with Crippen LogP contribution in [0, 0.1) is 12.8 Å². The number of hydrogen-bond donors (Lipinski definition) is 2. The molecule has 0 radical (unpaired) electrons. The van der Waals surface area contributed by atoms with Crippen molar-refractivity contribution in [2.45, 2.75) is 25.7 Å². The Morgan fingerprint density at radius 1 is 0.879 bits per heavy atom. The Bertz CT molecular complexity index is 1370. The molecule has 4 aromatic carbocycles. The lowest BCUT2D eigenvalue weighted by molar-refractivity contribution is -0.118. The van der Waals surface area contributed by atoms with Gasteiger partial charge in [-0.25, -0.2) is 4.79 Å². The number of carboxylic acid groups (broad SMARTS) is 1. The zero-order valence-electron chi connectivity index (χ0n) is 18.4. The van der Waals surface area contributed by atoms with E-state index in [1.807, 2.05) is 55.5 Å². The summed E-state index contributed by atoms with van der Waals surface area (Å²) in [6.45, 7) is 1.89. The fourth-order valence-electron chi connectivity index (χ4n) is 4.78. The molecule has 1 atom stereocenters. The third-order valence-electron chi connectivity index (χ3n) is 6.49. The number of amides is 1. The van der Waals surface area contributed by atoms with Crippen molar-refractivity contribution < 1.29 is 14.7 Å². The molecular weight excluding hydrogens is 410 g/mol. The summed E-state index contributed by atoms with van der Waals surface area (Å²) in [4.78, 5) is 25.6. The average molecular weight is 436 g/mol. The maximum Gasteiger partial charge on any atom is 0.336 e. The SMILES string of the molecule is Cc1cccc(C(=O)O)c1-c1ccccc1NC(=O)C(c1cccc2ccccc12)C1CC1. The van der Waals surface area contributed by atoms with Gasteiger partial charge in [-0.2, -0.15) is 0 Å². The van der Waals surface area contributed by atoms with Gasteiger partial charge in [-0.05, 0) is 59.7 Å². The van der Waals surface area contributed by atoms with Crippen molar-refractivity contribution in [2.75, 3.05) is 5.32 Å². The van der Waals surface area contributed by atoms with Gasteiger partial charge in [0.15, 0.2) is 0 Å². The molecule has 1 aliphatic carbocycles. The number of rotatable bonds is 6. The minimum atomic E-state index is -0.985. The predicted molar refractivity (Wildman–Crippen MR) is 132 cm³/mol. The average Bonchev–Trinajstić information content (AvgIpc) is 3.65. The Labute approximate surface area is 192 Å². The Hall–Kier alpha value is -3.92. The van der Waals surface area contributed by atoms with Crippen LogP contribution in [-0.2, 0) is 4.79 Å². The van der Waals surface area contributed by atoms with E-state index in [2.05, 4.69) is 29.6 Å². The summed E-state index contributed by atoms with van der Waals surface area (Å²) >= 11 is 0. The standard InChI is InChI=1S/C29H25NO3/c1-18-8-6-14-24(29(32)33)26(18)23-12-4-5-15-25(23)30-28(31)27(20-16-17-20)22-13-7-10-19-9-2-3-11-21(19)22/h2-15,20,27H,16-17H2,1H3,(H,30,31)(H,32,33). The molecule has 2 N–H and O–H groups in total. The third-order valence-corrected chi connectivity index (χ3v) is 6.49. The lowest BCUT2D eigenvalue weighted by atomic mass is 9.88. The second-order valence-electron chi connectivity index (χ2n) is 8.72. The van der Waals surface area contributed by atoms with Crippen LogP contribution in [0.5, 0.6) is 0 Å². The third kappa shape index (κ3) is 4.00. The first-order valence-electron chi connectivity index (χ1n) is 11.3. The van der Waals surface area contributed by atoms with Crippen LogP contribution in [0.2, 0.25) is 0 Å². The molecule has 1 saturated carbocycles. The number of aromatic carboxylic acids is 1. The zero-order valence-corrected chi connectivity index (χ0v) is 18.4. The Morgan fingerprint density at radius 3 is 2.36 bits per heavy atom. The van der Waals surface area contributed by atoms with Crippen molar-refractivity contribution in [2.24, 2.45) is 5.92 Å². The highest BCUT2D eigenvalue weighted by Crippen LogP contribution is 2.45. The minimum Gasteiger partial charge on any atom is -0.478 e. The summed E-state index contributed by atoms with van der Waals surface area (Å²) in [7, 11) is 0. The lowest BCUT2D eigenvalue weighted by Gasteiger charge is -2.21. The van der Waals surface area contributed by atoms with Gasteiger partial charge < -0.3 is 10.4 Å². The molecule has 0 heterocycles. The van der Waals surface area contributed by atoms with Gasteiger partial charge in [0.25, 0.3) is 0 Å². The Morgan fingerprint density at radius 2 is 1.58 bits per heavy atom. The first kappa shape index (κ1) is 21.0. The van der Waals surface area contributed by atoms with Gasteiger partial charge in [-0.15, -0.1) is 0 Å². The molecule has 0 aromatic heterocycles. The van der Waals surface area contributed by atoms with E-state index < -0.39 is 5.97 Å². The van der Waals surface area contributed by atoms with Crippen LogP contribution in [-0.4, -0.2) is 17.0 Å². The number of carbonyl (C=O) groups is 2. The van der Waals surface area contributed by atoms with Gasteiger partial charge in [0.1, 0.15) is 0 Å². The van der Waals surface area contributed by atoms with Crippen LogP contribution in [0.15, 0.2) is 84.9 Å². The molecule has 1 unspecified atom stereocenters. The van der Waals surface area contributed by atoms with Gasteiger partial charge in [0.2, 0.25) is 5.91 Å². The molecule has 0 spiro atoms. The van der Waals surface area contributed by atoms with E-state index in [0.29, 0.717) is 22.7 Å². The van der Waals surface area contributed by atoms with Crippen molar-refractivity contribution in [1.82, 2.24) is 0 Å². The van der Waals surface area contributed by atoms with Crippen LogP contribution in [0.3, 0.4) is 0 Å². The highest BCUT2D eigenvalue weighted by molar-refractivity contribution is 6.05. The molecular formula is C29H25NO3. The van der Waals surface area contributed by atoms with Gasteiger partial charge in [0.05, 0.1) is 11.5 Å². The summed E-state index contributed by atoms with van der Waals surface area (Å²) in [5.74, 6) is -0.968. The minimum absolute atomic E-state index is 0.0493. The number of nitrogens with one attached hydrogen (secondary N) is 1. The highest BCUT2D eigenvalue weighted by atomic mass is 16.4. The Balaban J connectivity index is 1.56. The van der Waals surface area contributed by atoms with E-state index in [9.17, 15) is 14.7 Å². The number of para-hydroxylation sites is 1. The van der Waals surface area contributed by atoms with E-state index in [4.69, 9.17) is 0 Å². The van der Waals surface area contributed by atoms with Crippen LogP contribution in [0.1, 0.15) is 40.2 Å². The number of anilines is 1.